The molecule has 2 aromatic rings. The van der Waals surface area contributed by atoms with E-state index >= 15 is 0 Å². The molecule has 0 spiro atoms. The molecule has 2 amide bonds. The van der Waals surface area contributed by atoms with Gasteiger partial charge in [-0.05, 0) is 50.5 Å². The fourth-order valence-electron chi connectivity index (χ4n) is 4.08. The van der Waals surface area contributed by atoms with Crippen LogP contribution in [0.2, 0.25) is 5.02 Å². The van der Waals surface area contributed by atoms with Crippen molar-refractivity contribution in [1.29, 1.82) is 0 Å². The van der Waals surface area contributed by atoms with Gasteiger partial charge in [0.25, 0.3) is 11.8 Å². The number of aliphatic hydroxyl groups excluding tert-OH is 1. The van der Waals surface area contributed by atoms with Crippen LogP contribution in [0.4, 0.5) is 18.9 Å². The van der Waals surface area contributed by atoms with E-state index in [1.54, 1.807) is 25.5 Å². The van der Waals surface area contributed by atoms with E-state index in [4.69, 9.17) is 11.6 Å². The Bertz CT molecular complexity index is 1040. The molecule has 32 heavy (non-hydrogen) atoms. The SMILES string of the molecule is Cc1c(C(=O)Nc2ccc(F)c(Cl)c2)c(C)n(C)c1C(O)C(=O)NC1CCC(F)(F)CC1. The van der Waals surface area contributed by atoms with Gasteiger partial charge in [0.15, 0.2) is 6.10 Å². The molecule has 1 aliphatic carbocycles. The van der Waals surface area contributed by atoms with Crippen molar-refractivity contribution < 1.29 is 27.9 Å². The van der Waals surface area contributed by atoms with Gasteiger partial charge in [-0.15, -0.1) is 0 Å². The van der Waals surface area contributed by atoms with Crippen molar-refractivity contribution in [3.05, 3.63) is 51.6 Å². The largest absolute Gasteiger partial charge is 0.377 e. The fourth-order valence-corrected chi connectivity index (χ4v) is 4.26. The summed E-state index contributed by atoms with van der Waals surface area (Å²) in [5.74, 6) is -4.55. The summed E-state index contributed by atoms with van der Waals surface area (Å²) < 4.78 is 41.6. The minimum Gasteiger partial charge on any atom is -0.377 e. The van der Waals surface area contributed by atoms with E-state index in [1.165, 1.54) is 12.1 Å². The van der Waals surface area contributed by atoms with Gasteiger partial charge < -0.3 is 20.3 Å². The van der Waals surface area contributed by atoms with Gasteiger partial charge in [-0.25, -0.2) is 13.2 Å². The first-order chi connectivity index (χ1) is 14.9. The van der Waals surface area contributed by atoms with E-state index in [9.17, 15) is 27.9 Å². The molecule has 1 saturated carbocycles. The summed E-state index contributed by atoms with van der Waals surface area (Å²) >= 11 is 5.76. The zero-order chi connectivity index (χ0) is 23.8. The molecule has 0 bridgehead atoms. The molecule has 0 aliphatic heterocycles. The predicted molar refractivity (Wildman–Crippen MR) is 115 cm³/mol. The number of aliphatic hydroxyl groups is 1. The van der Waals surface area contributed by atoms with Gasteiger partial charge in [-0.2, -0.15) is 0 Å². The van der Waals surface area contributed by atoms with Crippen LogP contribution in [0, 0.1) is 19.7 Å². The summed E-state index contributed by atoms with van der Waals surface area (Å²) in [6, 6.07) is 3.33. The molecule has 1 heterocycles. The molecule has 0 radical (unpaired) electrons. The maximum atomic E-state index is 13.4. The molecular weight excluding hydrogens is 447 g/mol. The molecule has 3 N–H and O–H groups in total. The van der Waals surface area contributed by atoms with E-state index in [0.29, 0.717) is 11.3 Å². The number of benzene rings is 1. The summed E-state index contributed by atoms with van der Waals surface area (Å²) in [5, 5.41) is 15.8. The van der Waals surface area contributed by atoms with Crippen molar-refractivity contribution in [3.63, 3.8) is 0 Å². The summed E-state index contributed by atoms with van der Waals surface area (Å²) in [6.07, 6.45) is -1.94. The van der Waals surface area contributed by atoms with Crippen LogP contribution in [-0.2, 0) is 11.8 Å². The van der Waals surface area contributed by atoms with Crippen LogP contribution in [0.15, 0.2) is 18.2 Å². The van der Waals surface area contributed by atoms with E-state index in [2.05, 4.69) is 10.6 Å². The molecule has 1 aromatic heterocycles. The highest BCUT2D eigenvalue weighted by Crippen LogP contribution is 2.34. The maximum Gasteiger partial charge on any atom is 0.257 e. The Hall–Kier alpha value is -2.52. The van der Waals surface area contributed by atoms with Crippen LogP contribution in [0.3, 0.4) is 0 Å². The third-order valence-corrected chi connectivity index (χ3v) is 6.25. The van der Waals surface area contributed by atoms with Gasteiger partial charge in [0.05, 0.1) is 16.3 Å². The maximum absolute atomic E-state index is 13.4. The summed E-state index contributed by atoms with van der Waals surface area (Å²) in [4.78, 5) is 25.5. The van der Waals surface area contributed by atoms with Gasteiger partial charge >= 0.3 is 0 Å². The number of carbonyl (C=O) groups excluding carboxylic acids is 2. The van der Waals surface area contributed by atoms with E-state index in [0.717, 1.165) is 6.07 Å². The number of amides is 2. The van der Waals surface area contributed by atoms with E-state index < -0.39 is 35.7 Å². The number of carbonyl (C=O) groups is 2. The highest BCUT2D eigenvalue weighted by Gasteiger charge is 2.36. The lowest BCUT2D eigenvalue weighted by molar-refractivity contribution is -0.131. The van der Waals surface area contributed by atoms with Crippen molar-refractivity contribution in [2.45, 2.75) is 57.6 Å². The summed E-state index contributed by atoms with van der Waals surface area (Å²) in [7, 11) is 1.61. The van der Waals surface area contributed by atoms with Crippen molar-refractivity contribution in [2.24, 2.45) is 7.05 Å². The number of alkyl halides is 2. The highest BCUT2D eigenvalue weighted by molar-refractivity contribution is 6.31. The summed E-state index contributed by atoms with van der Waals surface area (Å²) in [5.41, 5.74) is 1.68. The van der Waals surface area contributed by atoms with Crippen molar-refractivity contribution in [3.8, 4) is 0 Å². The van der Waals surface area contributed by atoms with Gasteiger partial charge in [0, 0.05) is 37.3 Å². The number of nitrogens with zero attached hydrogens (tertiary/aromatic N) is 1. The Morgan fingerprint density at radius 3 is 2.47 bits per heavy atom. The Labute approximate surface area is 188 Å². The second kappa shape index (κ2) is 9.15. The summed E-state index contributed by atoms with van der Waals surface area (Å²) in [6.45, 7) is 3.27. The van der Waals surface area contributed by atoms with Crippen LogP contribution in [0.1, 0.15) is 59.1 Å². The average molecular weight is 472 g/mol. The van der Waals surface area contributed by atoms with Crippen LogP contribution < -0.4 is 10.6 Å². The molecule has 0 saturated heterocycles. The first kappa shape index (κ1) is 24.1. The molecule has 3 rings (SSSR count). The highest BCUT2D eigenvalue weighted by atomic mass is 35.5. The van der Waals surface area contributed by atoms with Crippen LogP contribution in [0.25, 0.3) is 0 Å². The number of rotatable bonds is 5. The molecular formula is C22H25ClF3N3O3. The predicted octanol–water partition coefficient (Wildman–Crippen LogP) is 4.41. The molecule has 1 atom stereocenters. The number of anilines is 1. The van der Waals surface area contributed by atoms with Gasteiger partial charge in [-0.1, -0.05) is 11.6 Å². The van der Waals surface area contributed by atoms with Gasteiger partial charge in [-0.3, -0.25) is 9.59 Å². The Balaban J connectivity index is 1.78. The zero-order valence-electron chi connectivity index (χ0n) is 17.9. The Kier molecular flexibility index (Phi) is 6.90. The van der Waals surface area contributed by atoms with E-state index in [1.807, 2.05) is 0 Å². The second-order valence-corrected chi connectivity index (χ2v) is 8.56. The first-order valence-corrected chi connectivity index (χ1v) is 10.6. The third kappa shape index (κ3) is 4.94. The molecule has 10 heteroatoms. The molecule has 1 aliphatic rings. The number of hydrogen-bond acceptors (Lipinski definition) is 3. The normalized spacial score (nSPS) is 17.1. The van der Waals surface area contributed by atoms with Gasteiger partial charge in [0.1, 0.15) is 5.82 Å². The van der Waals surface area contributed by atoms with Crippen LogP contribution in [-0.4, -0.2) is 33.5 Å². The minimum absolute atomic E-state index is 0.129. The average Bonchev–Trinajstić information content (AvgIpc) is 2.94. The second-order valence-electron chi connectivity index (χ2n) is 8.15. The molecule has 1 unspecified atom stereocenters. The van der Waals surface area contributed by atoms with Crippen molar-refractivity contribution in [2.75, 3.05) is 5.32 Å². The standard InChI is InChI=1S/C22H25ClF3N3O3/c1-11-17(20(31)28-14-4-5-16(24)15(23)10-14)12(2)29(3)18(11)19(30)21(32)27-13-6-8-22(25,26)9-7-13/h4-5,10,13,19,30H,6-9H2,1-3H3,(H,27,32)(H,28,31). The van der Waals surface area contributed by atoms with Gasteiger partial charge in [0.2, 0.25) is 5.92 Å². The third-order valence-electron chi connectivity index (χ3n) is 5.96. The van der Waals surface area contributed by atoms with E-state index in [-0.39, 0.29) is 47.7 Å². The van der Waals surface area contributed by atoms with Crippen LogP contribution >= 0.6 is 11.6 Å². The molecule has 174 valence electrons. The lowest BCUT2D eigenvalue weighted by atomic mass is 9.92. The number of halogens is 4. The van der Waals surface area contributed by atoms with Crippen LogP contribution in [0.5, 0.6) is 0 Å². The number of nitrogens with one attached hydrogen (secondary N) is 2. The quantitative estimate of drug-likeness (QED) is 0.604. The first-order valence-electron chi connectivity index (χ1n) is 10.2. The molecule has 1 aromatic carbocycles. The molecule has 6 nitrogen and oxygen atoms in total. The number of hydrogen-bond donors (Lipinski definition) is 3. The Morgan fingerprint density at radius 1 is 1.25 bits per heavy atom. The minimum atomic E-state index is -2.72. The monoisotopic (exact) mass is 471 g/mol. The smallest absolute Gasteiger partial charge is 0.257 e. The van der Waals surface area contributed by atoms with Crippen molar-refractivity contribution in [1.82, 2.24) is 9.88 Å². The van der Waals surface area contributed by atoms with Crippen molar-refractivity contribution >= 4 is 29.1 Å². The zero-order valence-corrected chi connectivity index (χ0v) is 18.7. The molecule has 1 fully saturated rings. The lowest BCUT2D eigenvalue weighted by Gasteiger charge is -2.29. The topological polar surface area (TPSA) is 83.4 Å². The number of aromatic nitrogens is 1. The fraction of sp³-hybridized carbons (Fsp3) is 0.455. The lowest BCUT2D eigenvalue weighted by Crippen LogP contribution is -2.42. The Morgan fingerprint density at radius 2 is 1.88 bits per heavy atom.